The SMILES string of the molecule is CC1CCN(C(=S)c2cc(Cl)ccc2OCc2c(F)cccc2Cl)CC1. The molecule has 0 unspecified atom stereocenters. The Bertz CT molecular complexity index is 786. The molecule has 1 heterocycles. The highest BCUT2D eigenvalue weighted by Gasteiger charge is 2.21. The Morgan fingerprint density at radius 3 is 2.65 bits per heavy atom. The van der Waals surface area contributed by atoms with Gasteiger partial charge in [0.05, 0.1) is 10.6 Å². The third-order valence-electron chi connectivity index (χ3n) is 4.68. The van der Waals surface area contributed by atoms with Gasteiger partial charge in [0.25, 0.3) is 0 Å². The van der Waals surface area contributed by atoms with Crippen molar-refractivity contribution in [1.29, 1.82) is 0 Å². The van der Waals surface area contributed by atoms with E-state index in [2.05, 4.69) is 11.8 Å². The number of likely N-dealkylation sites (tertiary alicyclic amines) is 1. The van der Waals surface area contributed by atoms with E-state index in [0.29, 0.717) is 32.3 Å². The second kappa shape index (κ2) is 8.55. The maximum absolute atomic E-state index is 14.0. The van der Waals surface area contributed by atoms with Crippen LogP contribution >= 0.6 is 35.4 Å². The summed E-state index contributed by atoms with van der Waals surface area (Å²) in [6.45, 7) is 4.13. The van der Waals surface area contributed by atoms with Gasteiger partial charge in [-0.3, -0.25) is 0 Å². The number of thiocarbonyl (C=S) groups is 1. The number of hydrogen-bond acceptors (Lipinski definition) is 2. The number of halogens is 3. The number of nitrogens with zero attached hydrogens (tertiary/aromatic N) is 1. The average Bonchev–Trinajstić information content (AvgIpc) is 2.62. The molecule has 3 rings (SSSR count). The molecule has 0 atom stereocenters. The molecule has 26 heavy (non-hydrogen) atoms. The largest absolute Gasteiger partial charge is 0.488 e. The maximum atomic E-state index is 14.0. The highest BCUT2D eigenvalue weighted by atomic mass is 35.5. The molecule has 0 radical (unpaired) electrons. The molecule has 0 saturated carbocycles. The summed E-state index contributed by atoms with van der Waals surface area (Å²) in [4.78, 5) is 2.90. The molecule has 0 aromatic heterocycles. The number of benzene rings is 2. The highest BCUT2D eigenvalue weighted by molar-refractivity contribution is 7.80. The summed E-state index contributed by atoms with van der Waals surface area (Å²) in [5, 5.41) is 0.928. The van der Waals surface area contributed by atoms with Crippen LogP contribution in [0.2, 0.25) is 10.0 Å². The van der Waals surface area contributed by atoms with E-state index in [4.69, 9.17) is 40.2 Å². The molecule has 1 fully saturated rings. The van der Waals surface area contributed by atoms with Gasteiger partial charge in [-0.1, -0.05) is 48.4 Å². The Kier molecular flexibility index (Phi) is 6.38. The molecule has 0 aliphatic carbocycles. The maximum Gasteiger partial charge on any atom is 0.131 e. The molecule has 1 aliphatic heterocycles. The predicted octanol–water partition coefficient (Wildman–Crippen LogP) is 6.12. The van der Waals surface area contributed by atoms with E-state index in [1.807, 2.05) is 0 Å². The Hall–Kier alpha value is -1.36. The quantitative estimate of drug-likeness (QED) is 0.562. The van der Waals surface area contributed by atoms with Crippen LogP contribution in [0, 0.1) is 11.7 Å². The predicted molar refractivity (Wildman–Crippen MR) is 109 cm³/mol. The molecule has 0 spiro atoms. The van der Waals surface area contributed by atoms with Gasteiger partial charge in [0.1, 0.15) is 23.2 Å². The van der Waals surface area contributed by atoms with Gasteiger partial charge in [0.15, 0.2) is 0 Å². The van der Waals surface area contributed by atoms with E-state index in [9.17, 15) is 4.39 Å². The standard InChI is InChI=1S/C20H20Cl2FNOS/c1-13-7-9-24(10-8-13)20(26)15-11-14(21)5-6-19(15)25-12-16-17(22)3-2-4-18(16)23/h2-6,11,13H,7-10,12H2,1H3. The summed E-state index contributed by atoms with van der Waals surface area (Å²) in [7, 11) is 0. The fourth-order valence-corrected chi connectivity index (χ4v) is 3.73. The Labute approximate surface area is 168 Å². The van der Waals surface area contributed by atoms with Crippen LogP contribution in [0.1, 0.15) is 30.9 Å². The fraction of sp³-hybridized carbons (Fsp3) is 0.350. The zero-order chi connectivity index (χ0) is 18.7. The second-order valence-corrected chi connectivity index (χ2v) is 7.83. The van der Waals surface area contributed by atoms with Crippen molar-refractivity contribution in [2.75, 3.05) is 13.1 Å². The smallest absolute Gasteiger partial charge is 0.131 e. The van der Waals surface area contributed by atoms with Gasteiger partial charge in [-0.05, 0) is 49.1 Å². The van der Waals surface area contributed by atoms with Crippen LogP contribution in [0.5, 0.6) is 5.75 Å². The molecule has 2 nitrogen and oxygen atoms in total. The summed E-state index contributed by atoms with van der Waals surface area (Å²) in [5.74, 6) is 0.908. The molecular formula is C20H20Cl2FNOS. The first-order chi connectivity index (χ1) is 12.5. The fourth-order valence-electron chi connectivity index (χ4n) is 3.00. The van der Waals surface area contributed by atoms with Crippen LogP contribution in [-0.2, 0) is 6.61 Å². The van der Waals surface area contributed by atoms with Crippen LogP contribution in [0.4, 0.5) is 4.39 Å². The lowest BCUT2D eigenvalue weighted by Crippen LogP contribution is -2.37. The van der Waals surface area contributed by atoms with E-state index in [1.165, 1.54) is 6.07 Å². The van der Waals surface area contributed by atoms with Crippen molar-refractivity contribution in [2.45, 2.75) is 26.4 Å². The van der Waals surface area contributed by atoms with E-state index < -0.39 is 0 Å². The van der Waals surface area contributed by atoms with Gasteiger partial charge < -0.3 is 9.64 Å². The lowest BCUT2D eigenvalue weighted by Gasteiger charge is -2.32. The van der Waals surface area contributed by atoms with Crippen LogP contribution in [0.25, 0.3) is 0 Å². The Balaban J connectivity index is 1.81. The second-order valence-electron chi connectivity index (χ2n) is 6.60. The van der Waals surface area contributed by atoms with Crippen molar-refractivity contribution in [3.8, 4) is 5.75 Å². The first-order valence-corrected chi connectivity index (χ1v) is 9.76. The number of rotatable bonds is 4. The minimum atomic E-state index is -0.388. The topological polar surface area (TPSA) is 12.5 Å². The van der Waals surface area contributed by atoms with Crippen LogP contribution < -0.4 is 4.74 Å². The lowest BCUT2D eigenvalue weighted by atomic mass is 9.99. The zero-order valence-electron chi connectivity index (χ0n) is 14.5. The molecule has 1 aliphatic rings. The molecule has 138 valence electrons. The molecule has 2 aromatic carbocycles. The van der Waals surface area contributed by atoms with Crippen molar-refractivity contribution in [1.82, 2.24) is 4.90 Å². The van der Waals surface area contributed by atoms with E-state index in [0.717, 1.165) is 31.5 Å². The van der Waals surface area contributed by atoms with Crippen molar-refractivity contribution in [3.63, 3.8) is 0 Å². The van der Waals surface area contributed by atoms with Crippen molar-refractivity contribution in [2.24, 2.45) is 5.92 Å². The van der Waals surface area contributed by atoms with E-state index in [1.54, 1.807) is 30.3 Å². The average molecular weight is 412 g/mol. The van der Waals surface area contributed by atoms with Gasteiger partial charge in [-0.15, -0.1) is 0 Å². The molecule has 0 N–H and O–H groups in total. The van der Waals surface area contributed by atoms with Gasteiger partial charge in [0.2, 0.25) is 0 Å². The summed E-state index contributed by atoms with van der Waals surface area (Å²) in [6.07, 6.45) is 2.23. The van der Waals surface area contributed by atoms with Crippen LogP contribution in [0.15, 0.2) is 36.4 Å². The summed E-state index contributed by atoms with van der Waals surface area (Å²) in [6, 6.07) is 9.90. The van der Waals surface area contributed by atoms with Crippen LogP contribution in [-0.4, -0.2) is 23.0 Å². The van der Waals surface area contributed by atoms with Crippen molar-refractivity contribution < 1.29 is 9.13 Å². The minimum Gasteiger partial charge on any atom is -0.488 e. The molecule has 2 aromatic rings. The minimum absolute atomic E-state index is 0.0276. The summed E-state index contributed by atoms with van der Waals surface area (Å²) in [5.41, 5.74) is 1.09. The number of ether oxygens (including phenoxy) is 1. The van der Waals surface area contributed by atoms with Gasteiger partial charge in [0, 0.05) is 23.7 Å². The third-order valence-corrected chi connectivity index (χ3v) is 5.74. The molecule has 6 heteroatoms. The first kappa shape index (κ1) is 19.4. The van der Waals surface area contributed by atoms with Gasteiger partial charge in [-0.2, -0.15) is 0 Å². The lowest BCUT2D eigenvalue weighted by molar-refractivity contribution is 0.280. The normalized spacial score (nSPS) is 15.2. The number of hydrogen-bond donors (Lipinski definition) is 0. The monoisotopic (exact) mass is 411 g/mol. The zero-order valence-corrected chi connectivity index (χ0v) is 16.8. The summed E-state index contributed by atoms with van der Waals surface area (Å²) >= 11 is 18.0. The molecular weight excluding hydrogens is 392 g/mol. The third kappa shape index (κ3) is 4.48. The van der Waals surface area contributed by atoms with Crippen LogP contribution in [0.3, 0.4) is 0 Å². The first-order valence-electron chi connectivity index (χ1n) is 8.60. The Morgan fingerprint density at radius 1 is 1.23 bits per heavy atom. The number of piperidine rings is 1. The molecule has 0 amide bonds. The van der Waals surface area contributed by atoms with E-state index >= 15 is 0 Å². The molecule has 0 bridgehead atoms. The summed E-state index contributed by atoms with van der Waals surface area (Å²) < 4.78 is 19.9. The highest BCUT2D eigenvalue weighted by Crippen LogP contribution is 2.29. The van der Waals surface area contributed by atoms with Gasteiger partial charge >= 0.3 is 0 Å². The van der Waals surface area contributed by atoms with Gasteiger partial charge in [-0.25, -0.2) is 4.39 Å². The Morgan fingerprint density at radius 2 is 1.96 bits per heavy atom. The van der Waals surface area contributed by atoms with Crippen molar-refractivity contribution in [3.05, 3.63) is 63.4 Å². The van der Waals surface area contributed by atoms with Crippen molar-refractivity contribution >= 4 is 40.4 Å². The molecule has 1 saturated heterocycles. The van der Waals surface area contributed by atoms with E-state index in [-0.39, 0.29) is 12.4 Å².